The zero-order chi connectivity index (χ0) is 14.7. The van der Waals surface area contributed by atoms with Crippen molar-refractivity contribution in [3.05, 3.63) is 46.8 Å². The predicted molar refractivity (Wildman–Crippen MR) is 81.2 cm³/mol. The van der Waals surface area contributed by atoms with Crippen LogP contribution in [0.1, 0.15) is 35.2 Å². The van der Waals surface area contributed by atoms with Gasteiger partial charge in [0.15, 0.2) is 0 Å². The van der Waals surface area contributed by atoms with Gasteiger partial charge in [-0.25, -0.2) is 0 Å². The number of nitrogens with zero attached hydrogens (tertiary/aromatic N) is 2. The molecule has 0 saturated heterocycles. The second kappa shape index (κ2) is 6.09. The van der Waals surface area contributed by atoms with Crippen LogP contribution in [0.5, 0.6) is 5.75 Å². The Morgan fingerprint density at radius 2 is 2.05 bits per heavy atom. The predicted octanol–water partition coefficient (Wildman–Crippen LogP) is 2.74. The van der Waals surface area contributed by atoms with E-state index in [9.17, 15) is 0 Å². The van der Waals surface area contributed by atoms with Crippen LogP contribution in [0.2, 0.25) is 0 Å². The van der Waals surface area contributed by atoms with Gasteiger partial charge in [0.05, 0.1) is 19.3 Å². The molecule has 0 bridgehead atoms. The summed E-state index contributed by atoms with van der Waals surface area (Å²) in [6.45, 7) is 7.23. The van der Waals surface area contributed by atoms with Crippen LogP contribution in [0.25, 0.3) is 0 Å². The van der Waals surface area contributed by atoms with Gasteiger partial charge in [0, 0.05) is 18.8 Å². The maximum atomic E-state index is 5.39. The van der Waals surface area contributed by atoms with Gasteiger partial charge in [-0.05, 0) is 43.1 Å². The molecule has 1 unspecified atom stereocenters. The zero-order valence-corrected chi connectivity index (χ0v) is 12.9. The molecule has 2 aromatic rings. The van der Waals surface area contributed by atoms with Crippen LogP contribution in [-0.2, 0) is 7.05 Å². The number of rotatable bonds is 5. The first kappa shape index (κ1) is 14.6. The Kier molecular flexibility index (Phi) is 4.45. The largest absolute Gasteiger partial charge is 0.496 e. The molecular weight excluding hydrogens is 250 g/mol. The quantitative estimate of drug-likeness (QED) is 0.910. The Morgan fingerprint density at radius 1 is 1.30 bits per heavy atom. The summed E-state index contributed by atoms with van der Waals surface area (Å²) in [6.07, 6.45) is 3.98. The molecular formula is C16H23N3O. The lowest BCUT2D eigenvalue weighted by molar-refractivity contribution is 0.411. The van der Waals surface area contributed by atoms with Gasteiger partial charge in [-0.2, -0.15) is 5.10 Å². The summed E-state index contributed by atoms with van der Waals surface area (Å²) >= 11 is 0. The van der Waals surface area contributed by atoms with Crippen molar-refractivity contribution in [2.24, 2.45) is 7.05 Å². The first-order valence-electron chi connectivity index (χ1n) is 6.93. The van der Waals surface area contributed by atoms with Gasteiger partial charge in [0.2, 0.25) is 0 Å². The van der Waals surface area contributed by atoms with E-state index in [-0.39, 0.29) is 6.04 Å². The van der Waals surface area contributed by atoms with Crippen LogP contribution in [-0.4, -0.2) is 23.4 Å². The van der Waals surface area contributed by atoms with Crippen molar-refractivity contribution < 1.29 is 4.74 Å². The summed E-state index contributed by atoms with van der Waals surface area (Å²) in [7, 11) is 3.66. The minimum atomic E-state index is 0.165. The molecule has 1 aromatic carbocycles. The minimum Gasteiger partial charge on any atom is -0.496 e. The minimum absolute atomic E-state index is 0.165. The molecule has 0 amide bonds. The Balaban J connectivity index is 2.46. The third-order valence-electron chi connectivity index (χ3n) is 3.56. The van der Waals surface area contributed by atoms with E-state index < -0.39 is 0 Å². The van der Waals surface area contributed by atoms with Gasteiger partial charge in [0.1, 0.15) is 5.75 Å². The topological polar surface area (TPSA) is 39.1 Å². The van der Waals surface area contributed by atoms with Gasteiger partial charge in [-0.1, -0.05) is 13.0 Å². The van der Waals surface area contributed by atoms with Crippen LogP contribution in [0.4, 0.5) is 0 Å². The van der Waals surface area contributed by atoms with Crippen molar-refractivity contribution in [3.8, 4) is 5.75 Å². The molecule has 2 rings (SSSR count). The molecule has 4 nitrogen and oxygen atoms in total. The fourth-order valence-electron chi connectivity index (χ4n) is 2.54. The molecule has 0 radical (unpaired) electrons. The molecule has 0 aliphatic heterocycles. The van der Waals surface area contributed by atoms with E-state index in [1.54, 1.807) is 7.11 Å². The smallest absolute Gasteiger partial charge is 0.122 e. The molecule has 1 aromatic heterocycles. The Bertz CT molecular complexity index is 589. The first-order chi connectivity index (χ1) is 9.56. The van der Waals surface area contributed by atoms with E-state index in [0.29, 0.717) is 0 Å². The third kappa shape index (κ3) is 2.85. The van der Waals surface area contributed by atoms with Crippen molar-refractivity contribution in [2.75, 3.05) is 13.7 Å². The van der Waals surface area contributed by atoms with E-state index in [1.165, 1.54) is 16.7 Å². The van der Waals surface area contributed by atoms with Crippen LogP contribution in [0.3, 0.4) is 0 Å². The van der Waals surface area contributed by atoms with Crippen molar-refractivity contribution in [1.29, 1.82) is 0 Å². The lowest BCUT2D eigenvalue weighted by Gasteiger charge is -2.21. The summed E-state index contributed by atoms with van der Waals surface area (Å²) in [5.41, 5.74) is 4.84. The number of hydrogen-bond acceptors (Lipinski definition) is 3. The molecule has 1 atom stereocenters. The SMILES string of the molecule is CCNC(c1cnn(C)c1)c1cc(C)c(OC)cc1C. The Hall–Kier alpha value is -1.81. The lowest BCUT2D eigenvalue weighted by atomic mass is 9.94. The van der Waals surface area contributed by atoms with Gasteiger partial charge < -0.3 is 10.1 Å². The van der Waals surface area contributed by atoms with E-state index >= 15 is 0 Å². The van der Waals surface area contributed by atoms with Crippen LogP contribution in [0, 0.1) is 13.8 Å². The van der Waals surface area contributed by atoms with Gasteiger partial charge in [-0.3, -0.25) is 4.68 Å². The summed E-state index contributed by atoms with van der Waals surface area (Å²) in [5, 5.41) is 7.82. The maximum Gasteiger partial charge on any atom is 0.122 e. The van der Waals surface area contributed by atoms with Gasteiger partial charge in [-0.15, -0.1) is 0 Å². The molecule has 1 heterocycles. The fourth-order valence-corrected chi connectivity index (χ4v) is 2.54. The Labute approximate surface area is 120 Å². The standard InChI is InChI=1S/C16H23N3O/c1-6-17-16(13-9-18-19(4)10-13)14-7-12(3)15(20-5)8-11(14)2/h7-10,16-17H,6H2,1-5H3. The number of nitrogens with one attached hydrogen (secondary N) is 1. The molecule has 0 aliphatic rings. The number of aromatic nitrogens is 2. The zero-order valence-electron chi connectivity index (χ0n) is 12.9. The normalized spacial score (nSPS) is 12.4. The van der Waals surface area contributed by atoms with Crippen molar-refractivity contribution >= 4 is 0 Å². The molecule has 4 heteroatoms. The molecule has 108 valence electrons. The average molecular weight is 273 g/mol. The van der Waals surface area contributed by atoms with E-state index in [0.717, 1.165) is 17.9 Å². The van der Waals surface area contributed by atoms with Crippen molar-refractivity contribution in [2.45, 2.75) is 26.8 Å². The Morgan fingerprint density at radius 3 is 2.60 bits per heavy atom. The maximum absolute atomic E-state index is 5.39. The van der Waals surface area contributed by atoms with E-state index in [2.05, 4.69) is 49.5 Å². The molecule has 0 saturated carbocycles. The highest BCUT2D eigenvalue weighted by molar-refractivity contribution is 5.45. The summed E-state index contributed by atoms with van der Waals surface area (Å²) < 4.78 is 7.23. The second-order valence-electron chi connectivity index (χ2n) is 5.12. The summed E-state index contributed by atoms with van der Waals surface area (Å²) in [6, 6.07) is 4.47. The van der Waals surface area contributed by atoms with Crippen LogP contribution < -0.4 is 10.1 Å². The van der Waals surface area contributed by atoms with Gasteiger partial charge >= 0.3 is 0 Å². The highest BCUT2D eigenvalue weighted by Crippen LogP contribution is 2.30. The lowest BCUT2D eigenvalue weighted by Crippen LogP contribution is -2.22. The number of benzene rings is 1. The summed E-state index contributed by atoms with van der Waals surface area (Å²) in [5.74, 6) is 0.938. The molecule has 0 aliphatic carbocycles. The summed E-state index contributed by atoms with van der Waals surface area (Å²) in [4.78, 5) is 0. The highest BCUT2D eigenvalue weighted by atomic mass is 16.5. The molecule has 0 spiro atoms. The first-order valence-corrected chi connectivity index (χ1v) is 6.93. The molecule has 0 fully saturated rings. The second-order valence-corrected chi connectivity index (χ2v) is 5.12. The number of methoxy groups -OCH3 is 1. The molecule has 1 N–H and O–H groups in total. The van der Waals surface area contributed by atoms with Crippen LogP contribution in [0.15, 0.2) is 24.5 Å². The van der Waals surface area contributed by atoms with E-state index in [4.69, 9.17) is 4.74 Å². The van der Waals surface area contributed by atoms with Crippen molar-refractivity contribution in [3.63, 3.8) is 0 Å². The molecule has 20 heavy (non-hydrogen) atoms. The van der Waals surface area contributed by atoms with Gasteiger partial charge in [0.25, 0.3) is 0 Å². The van der Waals surface area contributed by atoms with Crippen molar-refractivity contribution in [1.82, 2.24) is 15.1 Å². The third-order valence-corrected chi connectivity index (χ3v) is 3.56. The number of ether oxygens (including phenoxy) is 1. The average Bonchev–Trinajstić information content (AvgIpc) is 2.85. The van der Waals surface area contributed by atoms with Crippen LogP contribution >= 0.6 is 0 Å². The number of aryl methyl sites for hydroxylation is 3. The van der Waals surface area contributed by atoms with E-state index in [1.807, 2.05) is 17.9 Å². The monoisotopic (exact) mass is 273 g/mol. The highest BCUT2D eigenvalue weighted by Gasteiger charge is 2.18. The fraction of sp³-hybridized carbons (Fsp3) is 0.438. The number of hydrogen-bond donors (Lipinski definition) is 1.